The average molecular weight is 472 g/mol. The monoisotopic (exact) mass is 471 g/mol. The number of benzene rings is 2. The zero-order valence-electron chi connectivity index (χ0n) is 19.5. The van der Waals surface area contributed by atoms with Crippen molar-refractivity contribution in [3.63, 3.8) is 0 Å². The number of nitrogens with one attached hydrogen (secondary N) is 1. The van der Waals surface area contributed by atoms with E-state index < -0.39 is 10.8 Å². The Morgan fingerprint density at radius 1 is 1.06 bits per heavy atom. The van der Waals surface area contributed by atoms with Crippen molar-refractivity contribution < 1.29 is 9.72 Å². The van der Waals surface area contributed by atoms with Gasteiger partial charge in [0, 0.05) is 43.2 Å². The second kappa shape index (κ2) is 9.15. The fraction of sp³-hybridized carbons (Fsp3) is 0.240. The van der Waals surface area contributed by atoms with E-state index in [0.29, 0.717) is 30.1 Å². The molecule has 0 radical (unpaired) electrons. The second-order valence-corrected chi connectivity index (χ2v) is 8.63. The highest BCUT2D eigenvalue weighted by Gasteiger charge is 2.24. The number of pyridine rings is 1. The minimum atomic E-state index is -0.438. The van der Waals surface area contributed by atoms with Crippen LogP contribution in [0.15, 0.2) is 60.8 Å². The number of rotatable bonds is 5. The van der Waals surface area contributed by atoms with Crippen molar-refractivity contribution in [2.24, 2.45) is 0 Å². The fourth-order valence-corrected chi connectivity index (χ4v) is 4.29. The van der Waals surface area contributed by atoms with E-state index in [4.69, 9.17) is 0 Å². The Kier molecular flexibility index (Phi) is 5.87. The first-order chi connectivity index (χ1) is 16.9. The molecule has 2 aromatic carbocycles. The zero-order valence-corrected chi connectivity index (χ0v) is 19.5. The van der Waals surface area contributed by atoms with Gasteiger partial charge in [-0.2, -0.15) is 5.10 Å². The highest BCUT2D eigenvalue weighted by Crippen LogP contribution is 2.30. The number of nitrogens with zero attached hydrogens (tertiary/aromatic N) is 6. The summed E-state index contributed by atoms with van der Waals surface area (Å²) in [7, 11) is 2.03. The molecule has 0 saturated carbocycles. The number of hydrogen-bond acceptors (Lipinski definition) is 7. The molecule has 1 N–H and O–H groups in total. The molecule has 1 aliphatic rings. The number of aryl methyl sites for hydroxylation is 1. The van der Waals surface area contributed by atoms with Crippen LogP contribution in [-0.2, 0) is 0 Å². The maximum atomic E-state index is 13.0. The highest BCUT2D eigenvalue weighted by atomic mass is 16.6. The number of para-hydroxylation sites is 1. The van der Waals surface area contributed by atoms with Crippen molar-refractivity contribution in [3.05, 3.63) is 82.2 Å². The number of carbonyl (C=O) groups excluding carboxylic acids is 1. The Balaban J connectivity index is 1.40. The number of amides is 1. The summed E-state index contributed by atoms with van der Waals surface area (Å²) in [5, 5.41) is 20.0. The van der Waals surface area contributed by atoms with Crippen LogP contribution in [0, 0.1) is 17.0 Å². The number of anilines is 2. The minimum absolute atomic E-state index is 0.0734. The molecule has 1 aliphatic heterocycles. The first-order valence-electron chi connectivity index (χ1n) is 11.3. The topological polar surface area (TPSA) is 109 Å². The normalized spacial score (nSPS) is 14.3. The molecule has 2 aromatic heterocycles. The lowest BCUT2D eigenvalue weighted by molar-refractivity contribution is -0.384. The largest absolute Gasteiger partial charge is 0.363 e. The molecule has 1 saturated heterocycles. The fourth-order valence-electron chi connectivity index (χ4n) is 4.29. The SMILES string of the molecule is Cc1nn(-c2ccccc2)c2ncc(NC(=O)c3ccc(N4CCN(C)CC4)c([N+](=O)[O-])c3)cc12. The summed E-state index contributed by atoms with van der Waals surface area (Å²) in [6, 6.07) is 16.1. The van der Waals surface area contributed by atoms with Crippen LogP contribution >= 0.6 is 0 Å². The summed E-state index contributed by atoms with van der Waals surface area (Å²) in [6.07, 6.45) is 1.56. The van der Waals surface area contributed by atoms with Gasteiger partial charge < -0.3 is 15.1 Å². The van der Waals surface area contributed by atoms with Gasteiger partial charge in [-0.25, -0.2) is 9.67 Å². The number of likely N-dealkylation sites (N-methyl/N-ethyl adjacent to an activating group) is 1. The summed E-state index contributed by atoms with van der Waals surface area (Å²) >= 11 is 0. The maximum Gasteiger partial charge on any atom is 0.293 e. The van der Waals surface area contributed by atoms with E-state index in [1.807, 2.05) is 55.3 Å². The summed E-state index contributed by atoms with van der Waals surface area (Å²) in [4.78, 5) is 33.0. The molecule has 4 aromatic rings. The van der Waals surface area contributed by atoms with Gasteiger partial charge in [0.1, 0.15) is 5.69 Å². The summed E-state index contributed by atoms with van der Waals surface area (Å²) in [5.74, 6) is -0.438. The van der Waals surface area contributed by atoms with Crippen molar-refractivity contribution in [3.8, 4) is 5.69 Å². The minimum Gasteiger partial charge on any atom is -0.363 e. The van der Waals surface area contributed by atoms with Crippen molar-refractivity contribution in [2.45, 2.75) is 6.92 Å². The van der Waals surface area contributed by atoms with Crippen molar-refractivity contribution >= 4 is 34.0 Å². The summed E-state index contributed by atoms with van der Waals surface area (Å²) in [6.45, 7) is 4.94. The van der Waals surface area contributed by atoms with E-state index in [1.54, 1.807) is 23.0 Å². The number of nitro benzene ring substituents is 1. The number of carbonyl (C=O) groups is 1. The van der Waals surface area contributed by atoms with Gasteiger partial charge in [0.2, 0.25) is 0 Å². The lowest BCUT2D eigenvalue weighted by atomic mass is 10.1. The van der Waals surface area contributed by atoms with Crippen LogP contribution in [0.1, 0.15) is 16.1 Å². The average Bonchev–Trinajstić information content (AvgIpc) is 3.20. The standard InChI is InChI=1S/C25H25N7O3/c1-17-21-15-19(16-26-24(21)31(28-17)20-6-4-3-5-7-20)27-25(33)18-8-9-22(23(14-18)32(34)35)30-12-10-29(2)11-13-30/h3-9,14-16H,10-13H2,1-2H3,(H,27,33). The van der Waals surface area contributed by atoms with E-state index in [-0.39, 0.29) is 11.3 Å². The molecule has 0 spiro atoms. The van der Waals surface area contributed by atoms with Gasteiger partial charge >= 0.3 is 0 Å². The molecular formula is C25H25N7O3. The molecule has 35 heavy (non-hydrogen) atoms. The van der Waals surface area contributed by atoms with Crippen LogP contribution < -0.4 is 10.2 Å². The van der Waals surface area contributed by atoms with Gasteiger partial charge in [0.25, 0.3) is 11.6 Å². The van der Waals surface area contributed by atoms with Crippen LogP contribution in [-0.4, -0.2) is 63.7 Å². The quantitative estimate of drug-likeness (QED) is 0.350. The van der Waals surface area contributed by atoms with Gasteiger partial charge in [-0.3, -0.25) is 14.9 Å². The molecular weight excluding hydrogens is 446 g/mol. The molecule has 0 bridgehead atoms. The number of aromatic nitrogens is 3. The molecule has 0 aliphatic carbocycles. The van der Waals surface area contributed by atoms with Gasteiger partial charge in [0.05, 0.1) is 28.2 Å². The molecule has 3 heterocycles. The van der Waals surface area contributed by atoms with Crippen LogP contribution in [0.4, 0.5) is 17.1 Å². The predicted molar refractivity (Wildman–Crippen MR) is 134 cm³/mol. The Morgan fingerprint density at radius 2 is 1.80 bits per heavy atom. The third-order valence-corrected chi connectivity index (χ3v) is 6.24. The van der Waals surface area contributed by atoms with Crippen molar-refractivity contribution in [1.29, 1.82) is 0 Å². The predicted octanol–water partition coefficient (Wildman–Crippen LogP) is 3.64. The van der Waals surface area contributed by atoms with E-state index in [9.17, 15) is 14.9 Å². The van der Waals surface area contributed by atoms with E-state index in [0.717, 1.165) is 29.9 Å². The molecule has 0 atom stereocenters. The van der Waals surface area contributed by atoms with Crippen molar-refractivity contribution in [1.82, 2.24) is 19.7 Å². The molecule has 0 unspecified atom stereocenters. The second-order valence-electron chi connectivity index (χ2n) is 8.63. The lowest BCUT2D eigenvalue weighted by Gasteiger charge is -2.33. The third-order valence-electron chi connectivity index (χ3n) is 6.24. The smallest absolute Gasteiger partial charge is 0.293 e. The van der Waals surface area contributed by atoms with Gasteiger partial charge in [-0.15, -0.1) is 0 Å². The summed E-state index contributed by atoms with van der Waals surface area (Å²) in [5.41, 5.74) is 3.51. The Labute approximate surface area is 201 Å². The van der Waals surface area contributed by atoms with Crippen LogP contribution in [0.25, 0.3) is 16.7 Å². The maximum absolute atomic E-state index is 13.0. The van der Waals surface area contributed by atoms with E-state index in [1.165, 1.54) is 6.07 Å². The Bertz CT molecular complexity index is 1410. The number of fused-ring (bicyclic) bond motifs is 1. The number of piperazine rings is 1. The molecule has 178 valence electrons. The molecule has 10 heteroatoms. The van der Waals surface area contributed by atoms with Gasteiger partial charge in [-0.1, -0.05) is 18.2 Å². The van der Waals surface area contributed by atoms with Gasteiger partial charge in [-0.05, 0) is 44.3 Å². The van der Waals surface area contributed by atoms with Crippen LogP contribution in [0.3, 0.4) is 0 Å². The van der Waals surface area contributed by atoms with Crippen LogP contribution in [0.2, 0.25) is 0 Å². The molecule has 1 amide bonds. The first-order valence-corrected chi connectivity index (χ1v) is 11.3. The summed E-state index contributed by atoms with van der Waals surface area (Å²) < 4.78 is 1.76. The van der Waals surface area contributed by atoms with E-state index >= 15 is 0 Å². The Morgan fingerprint density at radius 3 is 2.51 bits per heavy atom. The van der Waals surface area contributed by atoms with Crippen LogP contribution in [0.5, 0.6) is 0 Å². The zero-order chi connectivity index (χ0) is 24.5. The third kappa shape index (κ3) is 4.43. The van der Waals surface area contributed by atoms with E-state index in [2.05, 4.69) is 20.3 Å². The lowest BCUT2D eigenvalue weighted by Crippen LogP contribution is -2.44. The Hall–Kier alpha value is -4.31. The van der Waals surface area contributed by atoms with Crippen molar-refractivity contribution in [2.75, 3.05) is 43.4 Å². The molecule has 5 rings (SSSR count). The first kappa shape index (κ1) is 22.5. The molecule has 1 fully saturated rings. The number of nitro groups is 1. The highest BCUT2D eigenvalue weighted by molar-refractivity contribution is 6.05. The number of hydrogen-bond donors (Lipinski definition) is 1. The van der Waals surface area contributed by atoms with Gasteiger partial charge in [0.15, 0.2) is 5.65 Å². The molecule has 10 nitrogen and oxygen atoms in total.